The highest BCUT2D eigenvalue weighted by Gasteiger charge is 2.42. The largest absolute Gasteiger partial charge is 0.493 e. The van der Waals surface area contributed by atoms with Crippen molar-refractivity contribution in [2.24, 2.45) is 0 Å². The molecule has 18 heteroatoms. The summed E-state index contributed by atoms with van der Waals surface area (Å²) in [4.78, 5) is 64.4. The van der Waals surface area contributed by atoms with Crippen LogP contribution in [-0.4, -0.2) is 110 Å². The second kappa shape index (κ2) is 18.2. The molecule has 0 spiro atoms. The van der Waals surface area contributed by atoms with Gasteiger partial charge in [0.1, 0.15) is 17.2 Å². The smallest absolute Gasteiger partial charge is 0.326 e. The molecule has 2 aliphatic heterocycles. The van der Waals surface area contributed by atoms with Crippen LogP contribution in [-0.2, 0) is 9.22 Å². The monoisotopic (exact) mass is 812 g/mol. The van der Waals surface area contributed by atoms with E-state index in [0.29, 0.717) is 37.9 Å². The predicted octanol–water partition coefficient (Wildman–Crippen LogP) is 6.80. The topological polar surface area (TPSA) is 210 Å². The fourth-order valence-electron chi connectivity index (χ4n) is 6.36. The van der Waals surface area contributed by atoms with Crippen molar-refractivity contribution < 1.29 is 52.7 Å². The Kier molecular flexibility index (Phi) is 14.1. The van der Waals surface area contributed by atoms with Crippen LogP contribution in [0.5, 0.6) is 23.0 Å². The molecule has 2 aliphatic rings. The summed E-state index contributed by atoms with van der Waals surface area (Å²) in [5.74, 6) is -2.27. The van der Waals surface area contributed by atoms with Gasteiger partial charge in [0.2, 0.25) is 0 Å². The Morgan fingerprint density at radius 3 is 1.68 bits per heavy atom. The van der Waals surface area contributed by atoms with Gasteiger partial charge in [0.15, 0.2) is 31.3 Å². The molecule has 57 heavy (non-hydrogen) atoms. The van der Waals surface area contributed by atoms with E-state index in [0.717, 1.165) is 16.5 Å². The van der Waals surface area contributed by atoms with Crippen LogP contribution in [0.2, 0.25) is 18.1 Å². The molecule has 2 amide bonds. The molecule has 2 saturated heterocycles. The number of benzene rings is 2. The molecule has 2 fully saturated rings. The molecule has 0 unspecified atom stereocenters. The van der Waals surface area contributed by atoms with Crippen LogP contribution < -0.4 is 18.9 Å². The summed E-state index contributed by atoms with van der Waals surface area (Å²) in [6, 6.07) is 3.25. The Morgan fingerprint density at radius 2 is 1.25 bits per heavy atom. The van der Waals surface area contributed by atoms with E-state index in [-0.39, 0.29) is 77.9 Å². The number of hydrogen-bond donors (Lipinski definition) is 1. The van der Waals surface area contributed by atoms with E-state index in [4.69, 9.17) is 23.4 Å². The maximum atomic E-state index is 13.9. The Labute approximate surface area is 332 Å². The minimum atomic E-state index is -2.13. The first kappa shape index (κ1) is 44.2. The van der Waals surface area contributed by atoms with Gasteiger partial charge in [-0.15, -0.1) is 0 Å². The number of carboxylic acids is 1. The van der Waals surface area contributed by atoms with Crippen molar-refractivity contribution in [3.05, 3.63) is 79.9 Å². The summed E-state index contributed by atoms with van der Waals surface area (Å²) in [6.45, 7) is 19.2. The number of unbranched alkanes of at least 4 members (excludes halogenated alkanes) is 2. The summed E-state index contributed by atoms with van der Waals surface area (Å²) in [5.41, 5.74) is -0.111. The van der Waals surface area contributed by atoms with Crippen molar-refractivity contribution in [3.8, 4) is 23.0 Å². The molecule has 0 aliphatic carbocycles. The summed E-state index contributed by atoms with van der Waals surface area (Å²) in [6.07, 6.45) is 2.11. The summed E-state index contributed by atoms with van der Waals surface area (Å²) >= 11 is 0. The van der Waals surface area contributed by atoms with Gasteiger partial charge in [-0.3, -0.25) is 29.8 Å². The van der Waals surface area contributed by atoms with Crippen LogP contribution in [0.3, 0.4) is 0 Å². The lowest BCUT2D eigenvalue weighted by molar-refractivity contribution is -0.385. The number of nitro groups is 2. The van der Waals surface area contributed by atoms with E-state index in [1.54, 1.807) is 4.90 Å². The molecule has 2 heterocycles. The molecule has 4 rings (SSSR count). The number of carbonyl (C=O) groups excluding carboxylic acids is 2. The van der Waals surface area contributed by atoms with Crippen molar-refractivity contribution in [3.63, 3.8) is 0 Å². The average molecular weight is 813 g/mol. The molecule has 0 radical (unpaired) electrons. The van der Waals surface area contributed by atoms with E-state index >= 15 is 0 Å². The molecular weight excluding hydrogens is 761 g/mol. The molecule has 0 saturated carbocycles. The number of aliphatic carboxylic acids is 1. The standard InChI is InChI=1S/C39H52N4O13Si/c1-24-15-26(23-56-57(8,9)39(3,4)5)40(21-24)36(44)27-17-32(52-6)34(19-29(27)42(48)49)54-13-11-10-12-14-55-35-20-30(43(50)51)28(18-33(35)53-7)37(45)41-22-25(2)16-31(41)38(46)47/h17-20,26,31H,1-2,10-16,21-23H2,3-9H3,(H,46,47)/t26-,31-/m0/s1. The van der Waals surface area contributed by atoms with Crippen LogP contribution in [0.15, 0.2) is 48.6 Å². The zero-order valence-electron chi connectivity index (χ0n) is 33.6. The third-order valence-electron chi connectivity index (χ3n) is 10.6. The van der Waals surface area contributed by atoms with Gasteiger partial charge in [-0.05, 0) is 43.8 Å². The highest BCUT2D eigenvalue weighted by Crippen LogP contribution is 2.40. The lowest BCUT2D eigenvalue weighted by Gasteiger charge is -2.38. The van der Waals surface area contributed by atoms with Crippen molar-refractivity contribution in [1.29, 1.82) is 0 Å². The molecule has 17 nitrogen and oxygen atoms in total. The molecule has 2 atom stereocenters. The van der Waals surface area contributed by atoms with Gasteiger partial charge < -0.3 is 38.3 Å². The van der Waals surface area contributed by atoms with Crippen molar-refractivity contribution in [2.75, 3.05) is 47.1 Å². The quantitative estimate of drug-likeness (QED) is 0.0541. The Morgan fingerprint density at radius 1 is 0.789 bits per heavy atom. The Balaban J connectivity index is 1.37. The zero-order valence-corrected chi connectivity index (χ0v) is 34.6. The van der Waals surface area contributed by atoms with Gasteiger partial charge in [0.05, 0.1) is 62.1 Å². The lowest BCUT2D eigenvalue weighted by Crippen LogP contribution is -2.46. The Bertz CT molecular complexity index is 1930. The number of ether oxygens (including phenoxy) is 4. The van der Waals surface area contributed by atoms with Gasteiger partial charge in [0.25, 0.3) is 23.2 Å². The van der Waals surface area contributed by atoms with Gasteiger partial charge in [0, 0.05) is 31.6 Å². The van der Waals surface area contributed by atoms with Crippen LogP contribution in [0.25, 0.3) is 0 Å². The number of nitrogens with zero attached hydrogens (tertiary/aromatic N) is 4. The van der Waals surface area contributed by atoms with Crippen molar-refractivity contribution in [1.82, 2.24) is 9.80 Å². The van der Waals surface area contributed by atoms with Crippen molar-refractivity contribution in [2.45, 2.75) is 83.1 Å². The highest BCUT2D eigenvalue weighted by atomic mass is 28.4. The van der Waals surface area contributed by atoms with Crippen LogP contribution in [0.1, 0.15) is 73.6 Å². The zero-order chi connectivity index (χ0) is 42.4. The second-order valence-corrected chi connectivity index (χ2v) is 20.5. The third-order valence-corrected chi connectivity index (χ3v) is 15.1. The summed E-state index contributed by atoms with van der Waals surface area (Å²) in [5, 5.41) is 33.7. The Hall–Kier alpha value is -5.49. The molecular formula is C39H52N4O13Si. The third kappa shape index (κ3) is 10.3. The van der Waals surface area contributed by atoms with Crippen LogP contribution >= 0.6 is 0 Å². The SMILES string of the molecule is C=C1C[C@@H](CO[Si](C)(C)C(C)(C)C)N(C(=O)c2cc(OC)c(OCCCCCOc3cc([N+](=O)[O-])c(C(=O)N4CC(=C)C[C@H]4C(=O)O)cc3OC)cc2[N+](=O)[O-])C1. The first-order valence-electron chi connectivity index (χ1n) is 18.5. The molecule has 2 aromatic carbocycles. The summed E-state index contributed by atoms with van der Waals surface area (Å²) in [7, 11) is 0.561. The number of methoxy groups -OCH3 is 2. The van der Waals surface area contributed by atoms with Gasteiger partial charge in [-0.25, -0.2) is 4.79 Å². The predicted molar refractivity (Wildman–Crippen MR) is 212 cm³/mol. The number of nitro benzene ring substituents is 2. The average Bonchev–Trinajstić information content (AvgIpc) is 3.73. The first-order chi connectivity index (χ1) is 26.7. The normalized spacial score (nSPS) is 17.1. The fraction of sp³-hybridized carbons (Fsp3) is 0.513. The number of carboxylic acid groups (broad SMARTS) is 1. The summed E-state index contributed by atoms with van der Waals surface area (Å²) < 4.78 is 28.9. The van der Waals surface area contributed by atoms with Gasteiger partial charge >= 0.3 is 5.97 Å². The first-order valence-corrected chi connectivity index (χ1v) is 21.4. The molecule has 1 N–H and O–H groups in total. The number of rotatable bonds is 18. The number of amides is 2. The number of likely N-dealkylation sites (tertiary alicyclic amines) is 2. The maximum Gasteiger partial charge on any atom is 0.326 e. The van der Waals surface area contributed by atoms with Gasteiger partial charge in [-0.1, -0.05) is 45.1 Å². The maximum absolute atomic E-state index is 13.9. The van der Waals surface area contributed by atoms with Crippen LogP contribution in [0.4, 0.5) is 11.4 Å². The molecule has 2 aromatic rings. The molecule has 0 bridgehead atoms. The van der Waals surface area contributed by atoms with E-state index < -0.39 is 53.4 Å². The van der Waals surface area contributed by atoms with E-state index in [2.05, 4.69) is 47.0 Å². The number of hydrogen-bond acceptors (Lipinski definition) is 12. The minimum absolute atomic E-state index is 0.0250. The van der Waals surface area contributed by atoms with Gasteiger partial charge in [-0.2, -0.15) is 0 Å². The molecule has 0 aromatic heterocycles. The van der Waals surface area contributed by atoms with E-state index in [9.17, 15) is 39.7 Å². The minimum Gasteiger partial charge on any atom is -0.493 e. The van der Waals surface area contributed by atoms with E-state index in [1.807, 2.05) is 0 Å². The van der Waals surface area contributed by atoms with Crippen molar-refractivity contribution >= 4 is 37.5 Å². The fourth-order valence-corrected chi connectivity index (χ4v) is 7.40. The van der Waals surface area contributed by atoms with Crippen LogP contribution in [0, 0.1) is 20.2 Å². The lowest BCUT2D eigenvalue weighted by atomic mass is 10.1. The highest BCUT2D eigenvalue weighted by molar-refractivity contribution is 6.74. The van der Waals surface area contributed by atoms with E-state index in [1.165, 1.54) is 32.4 Å². The number of carbonyl (C=O) groups is 3. The molecule has 310 valence electrons. The second-order valence-electron chi connectivity index (χ2n) is 15.7.